The fourth-order valence-corrected chi connectivity index (χ4v) is 3.90. The first kappa shape index (κ1) is 17.5. The number of piperazine rings is 1. The number of hydrogen-bond acceptors (Lipinski definition) is 5. The van der Waals surface area contributed by atoms with Crippen LogP contribution in [-0.4, -0.2) is 53.2 Å². The van der Waals surface area contributed by atoms with Crippen molar-refractivity contribution in [2.24, 2.45) is 0 Å². The molecule has 0 spiro atoms. The van der Waals surface area contributed by atoms with E-state index in [1.54, 1.807) is 19.2 Å². The van der Waals surface area contributed by atoms with Crippen LogP contribution in [0.25, 0.3) is 0 Å². The highest BCUT2D eigenvalue weighted by Gasteiger charge is 2.48. The summed E-state index contributed by atoms with van der Waals surface area (Å²) in [6.07, 6.45) is 2.85. The fraction of sp³-hybridized carbons (Fsp3) is 0.421. The first-order valence-electron chi connectivity index (χ1n) is 9.09. The van der Waals surface area contributed by atoms with Gasteiger partial charge in [-0.15, -0.1) is 0 Å². The predicted molar refractivity (Wildman–Crippen MR) is 99.6 cm³/mol. The number of para-hydroxylation sites is 2. The molecule has 7 nitrogen and oxygen atoms in total. The Labute approximate surface area is 157 Å². The normalized spacial score (nSPS) is 20.9. The summed E-state index contributed by atoms with van der Waals surface area (Å²) >= 11 is 0. The third-order valence-corrected chi connectivity index (χ3v) is 5.25. The van der Waals surface area contributed by atoms with Gasteiger partial charge in [0.1, 0.15) is 12.1 Å². The molecule has 5 rings (SSSR count). The summed E-state index contributed by atoms with van der Waals surface area (Å²) in [5.41, 5.74) is 1.06. The third-order valence-electron chi connectivity index (χ3n) is 5.25. The highest BCUT2D eigenvalue weighted by atomic mass is 19.1. The Balaban J connectivity index is 1.46. The molecule has 8 heteroatoms. The van der Waals surface area contributed by atoms with E-state index in [4.69, 9.17) is 4.74 Å². The van der Waals surface area contributed by atoms with Crippen LogP contribution in [0.15, 0.2) is 30.6 Å². The summed E-state index contributed by atoms with van der Waals surface area (Å²) in [5, 5.41) is 2.92. The Kier molecular flexibility index (Phi) is 4.55. The largest absolute Gasteiger partial charge is 0.495 e. The molecule has 3 saturated heterocycles. The maximum atomic E-state index is 14.6. The number of urea groups is 1. The smallest absolute Gasteiger partial charge is 0.322 e. The topological polar surface area (TPSA) is 70.6 Å². The van der Waals surface area contributed by atoms with Crippen LogP contribution in [0, 0.1) is 5.82 Å². The number of amides is 2. The summed E-state index contributed by atoms with van der Waals surface area (Å²) in [6.45, 7) is 2.99. The zero-order valence-corrected chi connectivity index (χ0v) is 15.4. The summed E-state index contributed by atoms with van der Waals surface area (Å²) in [7, 11) is 1.57. The lowest BCUT2D eigenvalue weighted by Gasteiger charge is -2.56. The molecule has 2 atom stereocenters. The van der Waals surface area contributed by atoms with Crippen LogP contribution in [0.4, 0.5) is 20.7 Å². The zero-order chi connectivity index (χ0) is 19.0. The van der Waals surface area contributed by atoms with Crippen molar-refractivity contribution >= 4 is 17.5 Å². The van der Waals surface area contributed by atoms with Crippen molar-refractivity contribution in [3.63, 3.8) is 0 Å². The fourth-order valence-electron chi connectivity index (χ4n) is 3.90. The van der Waals surface area contributed by atoms with E-state index in [0.717, 1.165) is 6.42 Å². The number of benzene rings is 1. The number of fused-ring (bicyclic) bond motifs is 2. The Morgan fingerprint density at radius 2 is 2.04 bits per heavy atom. The average Bonchev–Trinajstić information content (AvgIpc) is 2.68. The Bertz CT molecular complexity index is 850. The quantitative estimate of drug-likeness (QED) is 0.895. The van der Waals surface area contributed by atoms with Crippen LogP contribution in [0.2, 0.25) is 0 Å². The number of piperidine rings is 1. The number of halogens is 1. The molecule has 0 saturated carbocycles. The highest BCUT2D eigenvalue weighted by Crippen LogP contribution is 2.36. The van der Waals surface area contributed by atoms with E-state index < -0.39 is 0 Å². The van der Waals surface area contributed by atoms with Gasteiger partial charge in [0.15, 0.2) is 11.6 Å². The Morgan fingerprint density at radius 3 is 2.74 bits per heavy atom. The van der Waals surface area contributed by atoms with Crippen molar-refractivity contribution in [3.05, 3.63) is 42.1 Å². The van der Waals surface area contributed by atoms with E-state index in [0.29, 0.717) is 42.5 Å². The van der Waals surface area contributed by atoms with Crippen molar-refractivity contribution < 1.29 is 13.9 Å². The number of carbonyl (C=O) groups is 1. The number of anilines is 2. The number of aryl methyl sites for hydroxylation is 1. The molecule has 3 aliphatic rings. The van der Waals surface area contributed by atoms with Crippen LogP contribution in [0.1, 0.15) is 19.0 Å². The van der Waals surface area contributed by atoms with Crippen LogP contribution >= 0.6 is 0 Å². The van der Waals surface area contributed by atoms with Gasteiger partial charge in [-0.05, 0) is 25.0 Å². The van der Waals surface area contributed by atoms with Crippen LogP contribution in [-0.2, 0) is 6.42 Å². The lowest BCUT2D eigenvalue weighted by molar-refractivity contribution is 0.0433. The molecule has 1 aromatic heterocycles. The van der Waals surface area contributed by atoms with Gasteiger partial charge in [0.05, 0.1) is 30.6 Å². The Hall–Kier alpha value is -2.90. The summed E-state index contributed by atoms with van der Waals surface area (Å²) < 4.78 is 19.8. The number of ether oxygens (including phenoxy) is 1. The predicted octanol–water partition coefficient (Wildman–Crippen LogP) is 2.68. The molecule has 3 aliphatic heterocycles. The van der Waals surface area contributed by atoms with Gasteiger partial charge < -0.3 is 19.9 Å². The molecule has 2 aromatic rings. The second kappa shape index (κ2) is 7.02. The lowest BCUT2D eigenvalue weighted by Crippen LogP contribution is -2.71. The van der Waals surface area contributed by atoms with E-state index in [1.165, 1.54) is 6.33 Å². The number of nitrogens with zero attached hydrogens (tertiary/aromatic N) is 4. The Morgan fingerprint density at radius 1 is 1.30 bits per heavy atom. The number of carbonyl (C=O) groups excluding carboxylic acids is 1. The van der Waals surface area contributed by atoms with Gasteiger partial charge in [-0.1, -0.05) is 19.1 Å². The lowest BCUT2D eigenvalue weighted by atomic mass is 9.88. The van der Waals surface area contributed by atoms with Crippen LogP contribution in [0.3, 0.4) is 0 Å². The summed E-state index contributed by atoms with van der Waals surface area (Å²) in [5.74, 6) is 0.598. The molecular formula is C19H22FN5O2. The maximum Gasteiger partial charge on any atom is 0.322 e. The second-order valence-corrected chi connectivity index (χ2v) is 6.80. The first-order valence-corrected chi connectivity index (χ1v) is 9.09. The zero-order valence-electron chi connectivity index (χ0n) is 15.4. The van der Waals surface area contributed by atoms with E-state index in [9.17, 15) is 9.18 Å². The summed E-state index contributed by atoms with van der Waals surface area (Å²) in [4.78, 5) is 24.6. The number of aromatic nitrogens is 2. The molecule has 0 radical (unpaired) electrons. The molecule has 4 heterocycles. The van der Waals surface area contributed by atoms with Crippen molar-refractivity contribution in [2.45, 2.75) is 31.8 Å². The average molecular weight is 371 g/mol. The van der Waals surface area contributed by atoms with Gasteiger partial charge in [-0.3, -0.25) is 0 Å². The molecular weight excluding hydrogens is 349 g/mol. The van der Waals surface area contributed by atoms with Crippen molar-refractivity contribution in [1.82, 2.24) is 14.9 Å². The molecule has 2 bridgehead atoms. The molecule has 1 aromatic carbocycles. The van der Waals surface area contributed by atoms with Gasteiger partial charge in [-0.25, -0.2) is 19.2 Å². The number of nitrogens with one attached hydrogen (secondary N) is 1. The van der Waals surface area contributed by atoms with Gasteiger partial charge >= 0.3 is 6.03 Å². The number of rotatable bonds is 4. The van der Waals surface area contributed by atoms with Crippen molar-refractivity contribution in [1.29, 1.82) is 0 Å². The minimum atomic E-state index is -0.355. The van der Waals surface area contributed by atoms with Gasteiger partial charge in [0, 0.05) is 13.1 Å². The minimum Gasteiger partial charge on any atom is -0.495 e. The number of methoxy groups -OCH3 is 1. The first-order chi connectivity index (χ1) is 13.1. The van der Waals surface area contributed by atoms with Crippen molar-refractivity contribution in [3.8, 4) is 5.75 Å². The molecule has 2 unspecified atom stereocenters. The van der Waals surface area contributed by atoms with E-state index in [2.05, 4.69) is 15.3 Å². The molecule has 27 heavy (non-hydrogen) atoms. The summed E-state index contributed by atoms with van der Waals surface area (Å²) in [6, 6.07) is 7.23. The molecule has 0 aliphatic carbocycles. The minimum absolute atomic E-state index is 0.0397. The van der Waals surface area contributed by atoms with E-state index in [1.807, 2.05) is 28.9 Å². The van der Waals surface area contributed by atoms with Crippen molar-refractivity contribution in [2.75, 3.05) is 30.4 Å². The maximum absolute atomic E-state index is 14.6. The standard InChI is InChI=1S/C19H22FN5O2/c1-3-14-17(20)18(22-11-21-14)24-9-12-8-13(10-24)25(12)19(26)23-15-6-4-5-7-16(15)27-2/h4-7,11-13H,3,8-10H2,1-2H3,(H,23,26). The molecule has 3 fully saturated rings. The molecule has 142 valence electrons. The van der Waals surface area contributed by atoms with Gasteiger partial charge in [0.2, 0.25) is 0 Å². The van der Waals surface area contributed by atoms with Crippen LogP contribution in [0.5, 0.6) is 5.75 Å². The molecule has 1 N–H and O–H groups in total. The van der Waals surface area contributed by atoms with Gasteiger partial charge in [-0.2, -0.15) is 0 Å². The SMILES string of the molecule is CCc1ncnc(N2CC3CC(C2)N3C(=O)Nc2ccccc2OC)c1F. The third kappa shape index (κ3) is 3.05. The monoisotopic (exact) mass is 371 g/mol. The van der Waals surface area contributed by atoms with E-state index in [-0.39, 0.29) is 23.9 Å². The second-order valence-electron chi connectivity index (χ2n) is 6.80. The van der Waals surface area contributed by atoms with Crippen LogP contribution < -0.4 is 15.0 Å². The van der Waals surface area contributed by atoms with Gasteiger partial charge in [0.25, 0.3) is 0 Å². The van der Waals surface area contributed by atoms with E-state index >= 15 is 0 Å². The number of hydrogen-bond donors (Lipinski definition) is 1. The highest BCUT2D eigenvalue weighted by molar-refractivity contribution is 5.92. The molecule has 2 amide bonds.